The molecule has 25 heavy (non-hydrogen) atoms. The quantitative estimate of drug-likeness (QED) is 0.841. The van der Waals surface area contributed by atoms with Crippen LogP contribution in [0.3, 0.4) is 0 Å². The van der Waals surface area contributed by atoms with Gasteiger partial charge < -0.3 is 10.1 Å². The molecule has 1 fully saturated rings. The molecule has 0 radical (unpaired) electrons. The molecule has 1 aromatic heterocycles. The third-order valence-corrected chi connectivity index (χ3v) is 6.45. The van der Waals surface area contributed by atoms with E-state index in [-0.39, 0.29) is 4.90 Å². The summed E-state index contributed by atoms with van der Waals surface area (Å²) in [4.78, 5) is 0.213. The number of aromatic nitrogens is 2. The van der Waals surface area contributed by atoms with E-state index in [4.69, 9.17) is 4.74 Å². The lowest BCUT2D eigenvalue weighted by Crippen LogP contribution is -2.40. The van der Waals surface area contributed by atoms with E-state index in [1.807, 2.05) is 31.3 Å². The number of hydrogen-bond acceptors (Lipinski definition) is 5. The van der Waals surface area contributed by atoms with Gasteiger partial charge in [-0.3, -0.25) is 0 Å². The number of methoxy groups -OCH3 is 1. The maximum Gasteiger partial charge on any atom is 0.246 e. The summed E-state index contributed by atoms with van der Waals surface area (Å²) in [5, 5.41) is 7.38. The average Bonchev–Trinajstić information content (AvgIpc) is 3.13. The molecular formula is C17H24N4O3S. The minimum atomic E-state index is -3.52. The highest BCUT2D eigenvalue weighted by Crippen LogP contribution is 2.26. The molecule has 136 valence electrons. The number of ether oxygens (including phenoxy) is 1. The van der Waals surface area contributed by atoms with Crippen molar-refractivity contribution in [3.8, 4) is 11.4 Å². The molecule has 1 N–H and O–H groups in total. The Morgan fingerprint density at radius 2 is 2.00 bits per heavy atom. The van der Waals surface area contributed by atoms with Crippen molar-refractivity contribution < 1.29 is 13.2 Å². The van der Waals surface area contributed by atoms with E-state index in [0.717, 1.165) is 19.4 Å². The Labute approximate surface area is 148 Å². The van der Waals surface area contributed by atoms with E-state index in [2.05, 4.69) is 10.4 Å². The van der Waals surface area contributed by atoms with Crippen LogP contribution in [-0.2, 0) is 10.0 Å². The smallest absolute Gasteiger partial charge is 0.246 e. The van der Waals surface area contributed by atoms with Crippen LogP contribution < -0.4 is 10.1 Å². The first-order valence-corrected chi connectivity index (χ1v) is 9.83. The predicted octanol–water partition coefficient (Wildman–Crippen LogP) is 1.50. The van der Waals surface area contributed by atoms with Gasteiger partial charge in [-0.1, -0.05) is 12.1 Å². The minimum Gasteiger partial charge on any atom is -0.494 e. The fourth-order valence-electron chi connectivity index (χ4n) is 3.18. The highest BCUT2D eigenvalue weighted by molar-refractivity contribution is 7.89. The second-order valence-corrected chi connectivity index (χ2v) is 8.14. The predicted molar refractivity (Wildman–Crippen MR) is 95.5 cm³/mol. The summed E-state index contributed by atoms with van der Waals surface area (Å²) in [5.74, 6) is 1.18. The largest absolute Gasteiger partial charge is 0.494 e. The van der Waals surface area contributed by atoms with Gasteiger partial charge in [0.1, 0.15) is 16.3 Å². The molecule has 0 unspecified atom stereocenters. The van der Waals surface area contributed by atoms with E-state index in [1.54, 1.807) is 22.3 Å². The number of hydrogen-bond donors (Lipinski definition) is 1. The summed E-state index contributed by atoms with van der Waals surface area (Å²) < 4.78 is 34.2. The summed E-state index contributed by atoms with van der Waals surface area (Å²) in [6, 6.07) is 7.38. The lowest BCUT2D eigenvalue weighted by Gasteiger charge is -2.30. The van der Waals surface area contributed by atoms with Crippen molar-refractivity contribution >= 4 is 10.0 Å². The summed E-state index contributed by atoms with van der Waals surface area (Å²) >= 11 is 0. The molecule has 0 atom stereocenters. The number of piperidine rings is 1. The molecule has 0 bridgehead atoms. The van der Waals surface area contributed by atoms with Crippen molar-refractivity contribution in [3.05, 3.63) is 36.7 Å². The van der Waals surface area contributed by atoms with Gasteiger partial charge in [-0.25, -0.2) is 13.1 Å². The number of nitrogens with one attached hydrogen (secondary N) is 1. The maximum atomic E-state index is 12.9. The van der Waals surface area contributed by atoms with Gasteiger partial charge >= 0.3 is 0 Å². The van der Waals surface area contributed by atoms with Gasteiger partial charge in [0, 0.05) is 13.1 Å². The van der Waals surface area contributed by atoms with Crippen LogP contribution in [0, 0.1) is 5.92 Å². The van der Waals surface area contributed by atoms with Crippen LogP contribution in [0.25, 0.3) is 5.69 Å². The van der Waals surface area contributed by atoms with Gasteiger partial charge in [-0.05, 0) is 44.5 Å². The Hall–Kier alpha value is -1.90. The first-order chi connectivity index (χ1) is 12.1. The monoisotopic (exact) mass is 364 g/mol. The van der Waals surface area contributed by atoms with Crippen LogP contribution in [0.15, 0.2) is 41.6 Å². The van der Waals surface area contributed by atoms with E-state index >= 15 is 0 Å². The third-order valence-electron chi connectivity index (χ3n) is 4.59. The standard InChI is InChI=1S/C17H24N4O3S/c1-18-11-14-7-9-20(10-8-14)25(22,23)15-12-19-21(13-15)16-5-3-4-6-17(16)24-2/h3-6,12-14,18H,7-11H2,1-2H3. The van der Waals surface area contributed by atoms with Gasteiger partial charge in [-0.15, -0.1) is 0 Å². The molecule has 1 aliphatic heterocycles. The molecule has 0 spiro atoms. The molecule has 7 nitrogen and oxygen atoms in total. The molecule has 1 saturated heterocycles. The van der Waals surface area contributed by atoms with Crippen LogP contribution in [0.4, 0.5) is 0 Å². The van der Waals surface area contributed by atoms with E-state index in [9.17, 15) is 8.42 Å². The van der Waals surface area contributed by atoms with Crippen LogP contribution >= 0.6 is 0 Å². The number of rotatable bonds is 6. The fraction of sp³-hybridized carbons (Fsp3) is 0.471. The van der Waals surface area contributed by atoms with Crippen LogP contribution in [-0.4, -0.2) is 56.3 Å². The topological polar surface area (TPSA) is 76.5 Å². The van der Waals surface area contributed by atoms with Gasteiger partial charge in [-0.2, -0.15) is 9.40 Å². The lowest BCUT2D eigenvalue weighted by atomic mass is 9.98. The van der Waals surface area contributed by atoms with E-state index in [1.165, 1.54) is 6.20 Å². The molecule has 2 aromatic rings. The summed E-state index contributed by atoms with van der Waals surface area (Å²) in [6.07, 6.45) is 4.70. The van der Waals surface area contributed by atoms with E-state index in [0.29, 0.717) is 30.4 Å². The van der Waals surface area contributed by atoms with Crippen molar-refractivity contribution in [2.24, 2.45) is 5.92 Å². The molecule has 8 heteroatoms. The normalized spacial score (nSPS) is 16.9. The molecular weight excluding hydrogens is 340 g/mol. The Balaban J connectivity index is 1.79. The molecule has 3 rings (SSSR count). The number of benzene rings is 1. The minimum absolute atomic E-state index is 0.213. The van der Waals surface area contributed by atoms with Crippen LogP contribution in [0.2, 0.25) is 0 Å². The molecule has 0 aliphatic carbocycles. The molecule has 0 saturated carbocycles. The Morgan fingerprint density at radius 1 is 1.28 bits per heavy atom. The molecule has 1 aromatic carbocycles. The number of nitrogens with zero attached hydrogens (tertiary/aromatic N) is 3. The third kappa shape index (κ3) is 3.70. The van der Waals surface area contributed by atoms with Crippen LogP contribution in [0.5, 0.6) is 5.75 Å². The van der Waals surface area contributed by atoms with Gasteiger partial charge in [0.25, 0.3) is 0 Å². The number of sulfonamides is 1. The Kier molecular flexibility index (Phi) is 5.41. The van der Waals surface area contributed by atoms with Crippen molar-refractivity contribution in [2.75, 3.05) is 33.8 Å². The highest BCUT2D eigenvalue weighted by Gasteiger charge is 2.30. The van der Waals surface area contributed by atoms with Gasteiger partial charge in [0.2, 0.25) is 10.0 Å². The fourth-order valence-corrected chi connectivity index (χ4v) is 4.58. The molecule has 1 aliphatic rings. The highest BCUT2D eigenvalue weighted by atomic mass is 32.2. The van der Waals surface area contributed by atoms with Crippen molar-refractivity contribution in [1.82, 2.24) is 19.4 Å². The maximum absolute atomic E-state index is 12.9. The summed E-state index contributed by atoms with van der Waals surface area (Å²) in [5.41, 5.74) is 0.708. The second-order valence-electron chi connectivity index (χ2n) is 6.20. The van der Waals surface area contributed by atoms with Gasteiger partial charge in [0.15, 0.2) is 0 Å². The lowest BCUT2D eigenvalue weighted by molar-refractivity contribution is 0.270. The molecule has 0 amide bonds. The van der Waals surface area contributed by atoms with Crippen LogP contribution in [0.1, 0.15) is 12.8 Å². The number of para-hydroxylation sites is 2. The first-order valence-electron chi connectivity index (χ1n) is 8.39. The SMILES string of the molecule is CNCC1CCN(S(=O)(=O)c2cnn(-c3ccccc3OC)c2)CC1. The molecule has 2 heterocycles. The summed E-state index contributed by atoms with van der Waals surface area (Å²) in [7, 11) is -0.0137. The Morgan fingerprint density at radius 3 is 2.68 bits per heavy atom. The first kappa shape index (κ1) is 17.9. The zero-order valence-electron chi connectivity index (χ0n) is 14.6. The van der Waals surface area contributed by atoms with Crippen molar-refractivity contribution in [2.45, 2.75) is 17.7 Å². The second kappa shape index (κ2) is 7.55. The Bertz CT molecular complexity index is 811. The average molecular weight is 364 g/mol. The zero-order valence-corrected chi connectivity index (χ0v) is 15.4. The van der Waals surface area contributed by atoms with Crippen molar-refractivity contribution in [3.63, 3.8) is 0 Å². The summed E-state index contributed by atoms with van der Waals surface area (Å²) in [6.45, 7) is 2.03. The van der Waals surface area contributed by atoms with Crippen molar-refractivity contribution in [1.29, 1.82) is 0 Å². The van der Waals surface area contributed by atoms with E-state index < -0.39 is 10.0 Å². The van der Waals surface area contributed by atoms with Gasteiger partial charge in [0.05, 0.1) is 19.5 Å². The zero-order chi connectivity index (χ0) is 17.9.